The minimum Gasteiger partial charge on any atom is -0.598 e. The van der Waals surface area contributed by atoms with Crippen molar-refractivity contribution in [1.29, 1.82) is 0 Å². The molecule has 1 aromatic carbocycles. The van der Waals surface area contributed by atoms with E-state index in [4.69, 9.17) is 9.16 Å². The number of ether oxygens (including phenoxy) is 1. The summed E-state index contributed by atoms with van der Waals surface area (Å²) in [5.74, 6) is 1.61. The maximum Gasteiger partial charge on any atom is 0.250 e. The Hall–Kier alpha value is -0.693. The predicted octanol–water partition coefficient (Wildman–Crippen LogP) is 5.84. The molecule has 1 aromatic rings. The number of nitrogens with one attached hydrogen (secondary N) is 1. The standard InChI is InChI=1S/C22H41NO3SSi/c1-20(2,3)27(24)23-22(7,8)15-14-17-12-13-18(19(16-17)25-9)26-28(10,11)21(4,5)6/h12-13,16,23H,14-15H2,1-11H3. The molecular formula is C22H41NO3SSi. The first-order valence-corrected chi connectivity index (χ1v) is 14.1. The Labute approximate surface area is 177 Å². The van der Waals surface area contributed by atoms with Crippen LogP contribution in [0.3, 0.4) is 0 Å². The Balaban J connectivity index is 2.87. The molecule has 0 fully saturated rings. The van der Waals surface area contributed by atoms with Crippen LogP contribution in [0.2, 0.25) is 18.1 Å². The fourth-order valence-electron chi connectivity index (χ4n) is 2.29. The average Bonchev–Trinajstić information content (AvgIpc) is 2.51. The van der Waals surface area contributed by atoms with Crippen molar-refractivity contribution in [3.05, 3.63) is 23.8 Å². The molecule has 162 valence electrons. The third-order valence-corrected chi connectivity index (χ3v) is 11.6. The Morgan fingerprint density at radius 2 is 1.57 bits per heavy atom. The zero-order valence-electron chi connectivity index (χ0n) is 19.8. The summed E-state index contributed by atoms with van der Waals surface area (Å²) >= 11 is -1.08. The highest BCUT2D eigenvalue weighted by atomic mass is 32.2. The van der Waals surface area contributed by atoms with Crippen molar-refractivity contribution in [2.75, 3.05) is 7.11 Å². The molecule has 6 heteroatoms. The van der Waals surface area contributed by atoms with E-state index in [1.807, 2.05) is 26.8 Å². The minimum atomic E-state index is -1.92. The third kappa shape index (κ3) is 7.28. The van der Waals surface area contributed by atoms with Crippen molar-refractivity contribution in [2.24, 2.45) is 0 Å². The smallest absolute Gasteiger partial charge is 0.250 e. The number of methoxy groups -OCH3 is 1. The number of hydrogen-bond acceptors (Lipinski definition) is 4. The van der Waals surface area contributed by atoms with E-state index in [9.17, 15) is 4.55 Å². The van der Waals surface area contributed by atoms with Crippen LogP contribution in [0.1, 0.15) is 67.4 Å². The molecular weight excluding hydrogens is 386 g/mol. The van der Waals surface area contributed by atoms with Crippen LogP contribution in [-0.4, -0.2) is 30.3 Å². The van der Waals surface area contributed by atoms with Gasteiger partial charge in [0.05, 0.1) is 12.6 Å². The molecule has 0 spiro atoms. The third-order valence-electron chi connectivity index (χ3n) is 5.36. The SMILES string of the molecule is COc1cc(CCC(C)(C)N[S+]([O-])C(C)(C)C)ccc1O[Si](C)(C)C(C)(C)C. The van der Waals surface area contributed by atoms with Crippen molar-refractivity contribution in [1.82, 2.24) is 4.72 Å². The molecule has 0 heterocycles. The Bertz CT molecular complexity index is 648. The fraction of sp³-hybridized carbons (Fsp3) is 0.727. The van der Waals surface area contributed by atoms with Crippen LogP contribution in [0.15, 0.2) is 18.2 Å². The summed E-state index contributed by atoms with van der Waals surface area (Å²) in [7, 11) is -0.229. The van der Waals surface area contributed by atoms with Gasteiger partial charge in [-0.3, -0.25) is 0 Å². The van der Waals surface area contributed by atoms with E-state index < -0.39 is 19.7 Å². The van der Waals surface area contributed by atoms with Gasteiger partial charge in [0, 0.05) is 11.4 Å². The maximum atomic E-state index is 12.4. The van der Waals surface area contributed by atoms with Crippen LogP contribution in [0.4, 0.5) is 0 Å². The molecule has 0 saturated carbocycles. The minimum absolute atomic E-state index is 0.134. The van der Waals surface area contributed by atoms with Crippen LogP contribution in [-0.2, 0) is 17.8 Å². The molecule has 1 rings (SSSR count). The summed E-state index contributed by atoms with van der Waals surface area (Å²) in [5, 5.41) is 0.134. The molecule has 0 aliphatic heterocycles. The normalized spacial score (nSPS) is 14.7. The van der Waals surface area contributed by atoms with Crippen molar-refractivity contribution < 1.29 is 13.7 Å². The molecule has 0 aliphatic rings. The number of rotatable bonds is 8. The quantitative estimate of drug-likeness (QED) is 0.418. The predicted molar refractivity (Wildman–Crippen MR) is 124 cm³/mol. The van der Waals surface area contributed by atoms with Crippen molar-refractivity contribution in [3.8, 4) is 11.5 Å². The van der Waals surface area contributed by atoms with Gasteiger partial charge in [-0.05, 0) is 83.3 Å². The molecule has 0 saturated heterocycles. The second kappa shape index (κ2) is 8.98. The van der Waals surface area contributed by atoms with Crippen LogP contribution in [0, 0.1) is 0 Å². The second-order valence-corrected chi connectivity index (χ2v) is 17.4. The van der Waals surface area contributed by atoms with Crippen LogP contribution in [0.25, 0.3) is 0 Å². The van der Waals surface area contributed by atoms with Gasteiger partial charge in [-0.2, -0.15) is 0 Å². The average molecular weight is 428 g/mol. The first-order valence-electron chi connectivity index (χ1n) is 10.0. The summed E-state index contributed by atoms with van der Waals surface area (Å²) in [6, 6.07) is 6.21. The summed E-state index contributed by atoms with van der Waals surface area (Å²) in [6.45, 7) is 21.3. The van der Waals surface area contributed by atoms with Crippen molar-refractivity contribution >= 4 is 19.7 Å². The molecule has 4 nitrogen and oxygen atoms in total. The van der Waals surface area contributed by atoms with Gasteiger partial charge in [0.25, 0.3) is 8.32 Å². The van der Waals surface area contributed by atoms with Gasteiger partial charge in [0.15, 0.2) is 5.75 Å². The van der Waals surface area contributed by atoms with Crippen LogP contribution in [0.5, 0.6) is 11.5 Å². The van der Waals surface area contributed by atoms with Crippen LogP contribution < -0.4 is 13.9 Å². The van der Waals surface area contributed by atoms with E-state index >= 15 is 0 Å². The van der Waals surface area contributed by atoms with Gasteiger partial charge in [0.2, 0.25) is 0 Å². The molecule has 0 radical (unpaired) electrons. The molecule has 1 N–H and O–H groups in total. The van der Waals surface area contributed by atoms with Crippen molar-refractivity contribution in [3.63, 3.8) is 0 Å². The molecule has 0 aliphatic carbocycles. The van der Waals surface area contributed by atoms with E-state index in [0.717, 1.165) is 24.3 Å². The lowest BCUT2D eigenvalue weighted by molar-refractivity contribution is 0.384. The number of aryl methyl sites for hydroxylation is 1. The summed E-state index contributed by atoms with van der Waals surface area (Å²) < 4.78 is 27.5. The zero-order chi connectivity index (χ0) is 22.0. The highest BCUT2D eigenvalue weighted by molar-refractivity contribution is 7.90. The van der Waals surface area contributed by atoms with E-state index in [-0.39, 0.29) is 15.3 Å². The molecule has 0 bridgehead atoms. The molecule has 1 unspecified atom stereocenters. The van der Waals surface area contributed by atoms with Gasteiger partial charge in [-0.1, -0.05) is 26.8 Å². The summed E-state index contributed by atoms with van der Waals surface area (Å²) in [4.78, 5) is 0. The molecule has 1 atom stereocenters. The van der Waals surface area contributed by atoms with Gasteiger partial charge < -0.3 is 13.7 Å². The van der Waals surface area contributed by atoms with Gasteiger partial charge in [0.1, 0.15) is 10.5 Å². The zero-order valence-corrected chi connectivity index (χ0v) is 21.6. The topological polar surface area (TPSA) is 53.5 Å². The molecule has 0 amide bonds. The van der Waals surface area contributed by atoms with E-state index in [0.29, 0.717) is 0 Å². The molecule has 0 aromatic heterocycles. The Morgan fingerprint density at radius 1 is 1.00 bits per heavy atom. The lowest BCUT2D eigenvalue weighted by Gasteiger charge is -2.36. The fourth-order valence-corrected chi connectivity index (χ4v) is 4.23. The largest absolute Gasteiger partial charge is 0.598 e. The first-order chi connectivity index (χ1) is 12.5. The summed E-state index contributed by atoms with van der Waals surface area (Å²) in [6.07, 6.45) is 1.75. The van der Waals surface area contributed by atoms with E-state index in [1.165, 1.54) is 5.56 Å². The number of benzene rings is 1. The highest BCUT2D eigenvalue weighted by Gasteiger charge is 2.39. The van der Waals surface area contributed by atoms with Gasteiger partial charge >= 0.3 is 0 Å². The molecule has 28 heavy (non-hydrogen) atoms. The van der Waals surface area contributed by atoms with Gasteiger partial charge in [-0.25, -0.2) is 0 Å². The van der Waals surface area contributed by atoms with E-state index in [2.05, 4.69) is 64.6 Å². The second-order valence-electron chi connectivity index (χ2n) is 10.7. The van der Waals surface area contributed by atoms with Gasteiger partial charge in [-0.15, -0.1) is 4.72 Å². The Kier molecular flexibility index (Phi) is 8.13. The number of hydrogen-bond donors (Lipinski definition) is 1. The monoisotopic (exact) mass is 427 g/mol. The Morgan fingerprint density at radius 3 is 2.04 bits per heavy atom. The van der Waals surface area contributed by atoms with E-state index in [1.54, 1.807) is 7.11 Å². The summed E-state index contributed by atoms with van der Waals surface area (Å²) in [5.41, 5.74) is 0.970. The lowest BCUT2D eigenvalue weighted by Crippen LogP contribution is -2.50. The first kappa shape index (κ1) is 25.3. The van der Waals surface area contributed by atoms with Crippen molar-refractivity contribution in [2.45, 2.75) is 96.6 Å². The highest BCUT2D eigenvalue weighted by Crippen LogP contribution is 2.40. The maximum absolute atomic E-state index is 12.4. The van der Waals surface area contributed by atoms with Crippen LogP contribution >= 0.6 is 0 Å². The lowest BCUT2D eigenvalue weighted by atomic mass is 9.96.